The number of rotatable bonds is 5. The summed E-state index contributed by atoms with van der Waals surface area (Å²) in [6.45, 7) is 5.02. The predicted octanol–water partition coefficient (Wildman–Crippen LogP) is 3.19. The number of nitrogens with zero attached hydrogens (tertiary/aromatic N) is 4. The summed E-state index contributed by atoms with van der Waals surface area (Å²) < 4.78 is 15.7. The fraction of sp³-hybridized carbons (Fsp3) is 0.222. The Morgan fingerprint density at radius 1 is 1.23 bits per heavy atom. The Hall–Kier alpha value is -3.00. The maximum Gasteiger partial charge on any atom is 0.251 e. The molecule has 0 fully saturated rings. The van der Waals surface area contributed by atoms with Crippen LogP contribution in [0.2, 0.25) is 0 Å². The quantitative estimate of drug-likeness (QED) is 0.585. The van der Waals surface area contributed by atoms with Crippen molar-refractivity contribution < 1.29 is 9.21 Å². The standard InChI is InChI=1S/C18H17N5O2S/c1-11-17(16-4-3-9-25-16)12(2)23(20-11)8-7-19-18(24)13-5-6-14-15(10-13)22-26-21-14/h3-6,9-10H,7-8H2,1-2H3,(H,19,24). The van der Waals surface area contributed by atoms with E-state index < -0.39 is 0 Å². The minimum absolute atomic E-state index is 0.132. The topological polar surface area (TPSA) is 85.8 Å². The maximum atomic E-state index is 12.3. The summed E-state index contributed by atoms with van der Waals surface area (Å²) in [5.41, 5.74) is 5.05. The van der Waals surface area contributed by atoms with Gasteiger partial charge in [0.25, 0.3) is 5.91 Å². The molecule has 4 aromatic rings. The van der Waals surface area contributed by atoms with E-state index in [1.54, 1.807) is 18.4 Å². The minimum atomic E-state index is -0.132. The summed E-state index contributed by atoms with van der Waals surface area (Å²) in [7, 11) is 0. The van der Waals surface area contributed by atoms with Crippen LogP contribution in [-0.2, 0) is 6.54 Å². The second-order valence-corrected chi connectivity index (χ2v) is 6.50. The molecule has 0 aliphatic rings. The molecule has 0 radical (unpaired) electrons. The Kier molecular flexibility index (Phi) is 4.26. The van der Waals surface area contributed by atoms with E-state index in [9.17, 15) is 4.79 Å². The number of benzene rings is 1. The highest BCUT2D eigenvalue weighted by Crippen LogP contribution is 2.27. The van der Waals surface area contributed by atoms with Gasteiger partial charge in [0.05, 0.1) is 35.8 Å². The van der Waals surface area contributed by atoms with Gasteiger partial charge in [0, 0.05) is 17.8 Å². The first-order chi connectivity index (χ1) is 12.6. The van der Waals surface area contributed by atoms with Crippen molar-refractivity contribution in [3.63, 3.8) is 0 Å². The molecule has 0 unspecified atom stereocenters. The number of hydrogen-bond donors (Lipinski definition) is 1. The predicted molar refractivity (Wildman–Crippen MR) is 99.2 cm³/mol. The lowest BCUT2D eigenvalue weighted by atomic mass is 10.1. The molecule has 1 amide bonds. The summed E-state index contributed by atoms with van der Waals surface area (Å²) in [6.07, 6.45) is 1.65. The van der Waals surface area contributed by atoms with Crippen LogP contribution in [-0.4, -0.2) is 31.0 Å². The number of carbonyl (C=O) groups is 1. The number of carbonyl (C=O) groups excluding carboxylic acids is 1. The van der Waals surface area contributed by atoms with E-state index in [1.165, 1.54) is 0 Å². The van der Waals surface area contributed by atoms with Gasteiger partial charge in [-0.05, 0) is 44.2 Å². The van der Waals surface area contributed by atoms with Gasteiger partial charge in [-0.1, -0.05) is 0 Å². The molecule has 7 nitrogen and oxygen atoms in total. The number of nitrogens with one attached hydrogen (secondary N) is 1. The lowest BCUT2D eigenvalue weighted by Crippen LogP contribution is -2.27. The van der Waals surface area contributed by atoms with Crippen LogP contribution in [0.1, 0.15) is 21.7 Å². The molecular formula is C18H17N5O2S. The van der Waals surface area contributed by atoms with Crippen LogP contribution in [0, 0.1) is 13.8 Å². The normalized spacial score (nSPS) is 11.2. The molecule has 132 valence electrons. The van der Waals surface area contributed by atoms with Gasteiger partial charge in [-0.2, -0.15) is 13.8 Å². The Balaban J connectivity index is 1.43. The highest BCUT2D eigenvalue weighted by molar-refractivity contribution is 7.00. The van der Waals surface area contributed by atoms with Crippen molar-refractivity contribution in [3.05, 3.63) is 53.5 Å². The smallest absolute Gasteiger partial charge is 0.251 e. The molecule has 0 atom stereocenters. The molecule has 1 N–H and O–H groups in total. The highest BCUT2D eigenvalue weighted by Gasteiger charge is 2.15. The van der Waals surface area contributed by atoms with Crippen LogP contribution in [0.3, 0.4) is 0 Å². The Morgan fingerprint density at radius 2 is 2.08 bits per heavy atom. The second kappa shape index (κ2) is 6.72. The molecule has 0 saturated heterocycles. The van der Waals surface area contributed by atoms with Crippen LogP contribution in [0.15, 0.2) is 41.0 Å². The maximum absolute atomic E-state index is 12.3. The van der Waals surface area contributed by atoms with Crippen molar-refractivity contribution >= 4 is 28.7 Å². The van der Waals surface area contributed by atoms with Gasteiger partial charge in [-0.25, -0.2) is 0 Å². The molecule has 0 aliphatic carbocycles. The number of amides is 1. The van der Waals surface area contributed by atoms with Crippen LogP contribution in [0.4, 0.5) is 0 Å². The van der Waals surface area contributed by atoms with Gasteiger partial charge >= 0.3 is 0 Å². The molecule has 3 heterocycles. The third kappa shape index (κ3) is 2.99. The number of furan rings is 1. The summed E-state index contributed by atoms with van der Waals surface area (Å²) in [4.78, 5) is 12.3. The monoisotopic (exact) mass is 367 g/mol. The van der Waals surface area contributed by atoms with Crippen LogP contribution < -0.4 is 5.32 Å². The first-order valence-electron chi connectivity index (χ1n) is 8.22. The summed E-state index contributed by atoms with van der Waals surface area (Å²) in [6, 6.07) is 9.11. The molecule has 0 spiro atoms. The Labute approximate surface area is 154 Å². The average molecular weight is 367 g/mol. The number of aromatic nitrogens is 4. The van der Waals surface area contributed by atoms with E-state index in [0.717, 1.165) is 45.5 Å². The van der Waals surface area contributed by atoms with Crippen LogP contribution in [0.5, 0.6) is 0 Å². The van der Waals surface area contributed by atoms with Gasteiger partial charge in [0.15, 0.2) is 0 Å². The summed E-state index contributed by atoms with van der Waals surface area (Å²) in [5.74, 6) is 0.674. The fourth-order valence-electron chi connectivity index (χ4n) is 2.99. The van der Waals surface area contributed by atoms with Gasteiger partial charge in [-0.15, -0.1) is 0 Å². The third-order valence-electron chi connectivity index (χ3n) is 4.27. The van der Waals surface area contributed by atoms with Gasteiger partial charge in [0.2, 0.25) is 0 Å². The Bertz CT molecular complexity index is 1060. The summed E-state index contributed by atoms with van der Waals surface area (Å²) in [5, 5.41) is 7.49. The molecule has 0 bridgehead atoms. The second-order valence-electron chi connectivity index (χ2n) is 5.97. The first-order valence-corrected chi connectivity index (χ1v) is 8.95. The van der Waals surface area contributed by atoms with Crippen LogP contribution in [0.25, 0.3) is 22.4 Å². The molecule has 1 aromatic carbocycles. The van der Waals surface area contributed by atoms with E-state index in [-0.39, 0.29) is 5.91 Å². The van der Waals surface area contributed by atoms with E-state index in [2.05, 4.69) is 19.2 Å². The van der Waals surface area contributed by atoms with Crippen molar-refractivity contribution in [1.82, 2.24) is 23.8 Å². The lowest BCUT2D eigenvalue weighted by Gasteiger charge is -2.07. The average Bonchev–Trinajstić information content (AvgIpc) is 3.35. The van der Waals surface area contributed by atoms with Crippen molar-refractivity contribution in [1.29, 1.82) is 0 Å². The Morgan fingerprint density at radius 3 is 2.88 bits per heavy atom. The lowest BCUT2D eigenvalue weighted by molar-refractivity contribution is 0.0952. The zero-order chi connectivity index (χ0) is 18.1. The van der Waals surface area contributed by atoms with Crippen molar-refractivity contribution in [3.8, 4) is 11.3 Å². The molecule has 4 rings (SSSR count). The molecular weight excluding hydrogens is 350 g/mol. The molecule has 0 saturated carbocycles. The third-order valence-corrected chi connectivity index (χ3v) is 4.83. The van der Waals surface area contributed by atoms with Gasteiger partial charge < -0.3 is 9.73 Å². The largest absolute Gasteiger partial charge is 0.464 e. The SMILES string of the molecule is Cc1nn(CCNC(=O)c2ccc3nsnc3c2)c(C)c1-c1ccco1. The number of hydrogen-bond acceptors (Lipinski definition) is 6. The fourth-order valence-corrected chi connectivity index (χ4v) is 3.51. The zero-order valence-electron chi connectivity index (χ0n) is 14.4. The van der Waals surface area contributed by atoms with Crippen LogP contribution >= 0.6 is 11.7 Å². The first kappa shape index (κ1) is 16.5. The minimum Gasteiger partial charge on any atom is -0.464 e. The molecule has 26 heavy (non-hydrogen) atoms. The highest BCUT2D eigenvalue weighted by atomic mass is 32.1. The van der Waals surface area contributed by atoms with E-state index in [4.69, 9.17) is 4.42 Å². The zero-order valence-corrected chi connectivity index (χ0v) is 15.2. The van der Waals surface area contributed by atoms with E-state index >= 15 is 0 Å². The molecule has 0 aliphatic heterocycles. The van der Waals surface area contributed by atoms with E-state index in [1.807, 2.05) is 36.7 Å². The number of fused-ring (bicyclic) bond motifs is 1. The van der Waals surface area contributed by atoms with Gasteiger partial charge in [-0.3, -0.25) is 9.48 Å². The molecule has 3 aromatic heterocycles. The van der Waals surface area contributed by atoms with Crippen molar-refractivity contribution in [2.24, 2.45) is 0 Å². The summed E-state index contributed by atoms with van der Waals surface area (Å²) >= 11 is 1.14. The van der Waals surface area contributed by atoms with Crippen molar-refractivity contribution in [2.45, 2.75) is 20.4 Å². The van der Waals surface area contributed by atoms with E-state index in [0.29, 0.717) is 18.7 Å². The van der Waals surface area contributed by atoms with Gasteiger partial charge in [0.1, 0.15) is 16.8 Å². The van der Waals surface area contributed by atoms with Crippen molar-refractivity contribution in [2.75, 3.05) is 6.54 Å². The molecule has 8 heteroatoms. The number of aryl methyl sites for hydroxylation is 1.